The van der Waals surface area contributed by atoms with Gasteiger partial charge in [-0.25, -0.2) is 0 Å². The van der Waals surface area contributed by atoms with Gasteiger partial charge in [0.05, 0.1) is 6.42 Å². The molecule has 0 radical (unpaired) electrons. The van der Waals surface area contributed by atoms with Crippen molar-refractivity contribution in [2.24, 2.45) is 5.73 Å². The van der Waals surface area contributed by atoms with Crippen molar-refractivity contribution in [3.8, 4) is 0 Å². The Morgan fingerprint density at radius 2 is 2.18 bits per heavy atom. The minimum atomic E-state index is -0.329. The van der Waals surface area contributed by atoms with Gasteiger partial charge in [0.25, 0.3) is 0 Å². The molecular weight excluding hydrogens is 236 g/mol. The van der Waals surface area contributed by atoms with Gasteiger partial charge >= 0.3 is 0 Å². The number of carbonyl (C=O) groups excluding carboxylic acids is 1. The molecule has 2 aromatic rings. The highest BCUT2D eigenvalue weighted by molar-refractivity contribution is 6.31. The van der Waals surface area contributed by atoms with Gasteiger partial charge in [0.2, 0.25) is 5.91 Å². The standard InChI is InChI=1S/C13H15ClN2O/c1-7(2)13-9-5-8(14)3-4-10(9)16-11(13)6-12(15)17/h3-5,7,16H,6H2,1-2H3,(H2,15,17). The molecule has 3 N–H and O–H groups in total. The number of fused-ring (bicyclic) bond motifs is 1. The minimum absolute atomic E-state index is 0.236. The molecule has 1 aromatic carbocycles. The molecule has 1 heterocycles. The molecule has 3 nitrogen and oxygen atoms in total. The Bertz CT molecular complexity index is 572. The van der Waals surface area contributed by atoms with E-state index in [1.54, 1.807) is 0 Å². The van der Waals surface area contributed by atoms with E-state index in [1.165, 1.54) is 0 Å². The van der Waals surface area contributed by atoms with Crippen molar-refractivity contribution in [3.63, 3.8) is 0 Å². The quantitative estimate of drug-likeness (QED) is 0.865. The molecular formula is C13H15ClN2O. The van der Waals surface area contributed by atoms with Crippen LogP contribution in [0, 0.1) is 0 Å². The van der Waals surface area contributed by atoms with Crippen molar-refractivity contribution < 1.29 is 4.79 Å². The average molecular weight is 251 g/mol. The summed E-state index contributed by atoms with van der Waals surface area (Å²) < 4.78 is 0. The van der Waals surface area contributed by atoms with E-state index in [-0.39, 0.29) is 12.3 Å². The molecule has 0 aliphatic rings. The first-order valence-corrected chi connectivity index (χ1v) is 5.95. The van der Waals surface area contributed by atoms with Gasteiger partial charge in [-0.05, 0) is 29.7 Å². The van der Waals surface area contributed by atoms with E-state index in [0.717, 1.165) is 22.2 Å². The average Bonchev–Trinajstić information content (AvgIpc) is 2.53. The molecule has 4 heteroatoms. The third kappa shape index (κ3) is 2.29. The number of carbonyl (C=O) groups is 1. The van der Waals surface area contributed by atoms with Crippen molar-refractivity contribution in [2.75, 3.05) is 0 Å². The summed E-state index contributed by atoms with van der Waals surface area (Å²) in [6, 6.07) is 5.68. The van der Waals surface area contributed by atoms with E-state index in [1.807, 2.05) is 18.2 Å². The second kappa shape index (κ2) is 4.41. The number of benzene rings is 1. The number of halogens is 1. The number of primary amides is 1. The van der Waals surface area contributed by atoms with Crippen LogP contribution in [0.3, 0.4) is 0 Å². The molecule has 0 saturated carbocycles. The van der Waals surface area contributed by atoms with Crippen molar-refractivity contribution in [1.82, 2.24) is 4.98 Å². The normalized spacial score (nSPS) is 11.3. The molecule has 0 aliphatic carbocycles. The summed E-state index contributed by atoms with van der Waals surface area (Å²) in [5, 5.41) is 1.77. The summed E-state index contributed by atoms with van der Waals surface area (Å²) in [7, 11) is 0. The Morgan fingerprint density at radius 3 is 2.76 bits per heavy atom. The van der Waals surface area contributed by atoms with Crippen LogP contribution in [0.5, 0.6) is 0 Å². The van der Waals surface area contributed by atoms with Crippen LogP contribution < -0.4 is 5.73 Å². The molecule has 0 fully saturated rings. The van der Waals surface area contributed by atoms with E-state index in [9.17, 15) is 4.79 Å². The van der Waals surface area contributed by atoms with E-state index in [2.05, 4.69) is 18.8 Å². The lowest BCUT2D eigenvalue weighted by atomic mass is 9.98. The Kier molecular flexibility index (Phi) is 3.11. The van der Waals surface area contributed by atoms with Gasteiger partial charge in [-0.2, -0.15) is 0 Å². The zero-order valence-corrected chi connectivity index (χ0v) is 10.6. The highest BCUT2D eigenvalue weighted by Gasteiger charge is 2.15. The summed E-state index contributed by atoms with van der Waals surface area (Å²) in [6.07, 6.45) is 0.236. The predicted octanol–water partition coefficient (Wildman–Crippen LogP) is 2.97. The second-order valence-electron chi connectivity index (χ2n) is 4.50. The molecule has 1 amide bonds. The van der Waals surface area contributed by atoms with Crippen LogP contribution >= 0.6 is 11.6 Å². The van der Waals surface area contributed by atoms with Gasteiger partial charge in [-0.3, -0.25) is 4.79 Å². The SMILES string of the molecule is CC(C)c1c(CC(N)=O)[nH]c2ccc(Cl)cc12. The zero-order valence-electron chi connectivity index (χ0n) is 9.88. The monoisotopic (exact) mass is 250 g/mol. The van der Waals surface area contributed by atoms with E-state index < -0.39 is 0 Å². The van der Waals surface area contributed by atoms with Gasteiger partial charge in [0.15, 0.2) is 0 Å². The summed E-state index contributed by atoms with van der Waals surface area (Å²) in [6.45, 7) is 4.18. The number of H-pyrrole nitrogens is 1. The van der Waals surface area contributed by atoms with Crippen LogP contribution in [-0.2, 0) is 11.2 Å². The van der Waals surface area contributed by atoms with Gasteiger partial charge in [0, 0.05) is 21.6 Å². The molecule has 1 aromatic heterocycles. The molecule has 90 valence electrons. The summed E-state index contributed by atoms with van der Waals surface area (Å²) in [5.41, 5.74) is 8.27. The van der Waals surface area contributed by atoms with Crippen LogP contribution in [-0.4, -0.2) is 10.9 Å². The van der Waals surface area contributed by atoms with E-state index >= 15 is 0 Å². The van der Waals surface area contributed by atoms with Crippen molar-refractivity contribution in [1.29, 1.82) is 0 Å². The first-order chi connectivity index (χ1) is 7.99. The zero-order chi connectivity index (χ0) is 12.6. The lowest BCUT2D eigenvalue weighted by Crippen LogP contribution is -2.15. The Hall–Kier alpha value is -1.48. The Labute approximate surface area is 105 Å². The number of hydrogen-bond donors (Lipinski definition) is 2. The van der Waals surface area contributed by atoms with Crippen LogP contribution in [0.1, 0.15) is 31.0 Å². The summed E-state index contributed by atoms with van der Waals surface area (Å²) >= 11 is 6.00. The van der Waals surface area contributed by atoms with Gasteiger partial charge < -0.3 is 10.7 Å². The number of hydrogen-bond acceptors (Lipinski definition) is 1. The van der Waals surface area contributed by atoms with E-state index in [4.69, 9.17) is 17.3 Å². The highest BCUT2D eigenvalue weighted by atomic mass is 35.5. The smallest absolute Gasteiger partial charge is 0.223 e. The number of amides is 1. The maximum Gasteiger partial charge on any atom is 0.223 e. The third-order valence-electron chi connectivity index (χ3n) is 2.81. The molecule has 17 heavy (non-hydrogen) atoms. The number of aromatic nitrogens is 1. The maximum absolute atomic E-state index is 11.1. The molecule has 0 spiro atoms. The van der Waals surface area contributed by atoms with E-state index in [0.29, 0.717) is 10.9 Å². The van der Waals surface area contributed by atoms with Crippen molar-refractivity contribution >= 4 is 28.4 Å². The minimum Gasteiger partial charge on any atom is -0.369 e. The fourth-order valence-corrected chi connectivity index (χ4v) is 2.39. The van der Waals surface area contributed by atoms with Crippen molar-refractivity contribution in [3.05, 3.63) is 34.5 Å². The highest BCUT2D eigenvalue weighted by Crippen LogP contribution is 2.31. The third-order valence-corrected chi connectivity index (χ3v) is 3.05. The van der Waals surface area contributed by atoms with Crippen LogP contribution in [0.25, 0.3) is 10.9 Å². The van der Waals surface area contributed by atoms with Gasteiger partial charge in [-0.1, -0.05) is 25.4 Å². The molecule has 0 saturated heterocycles. The molecule has 0 aliphatic heterocycles. The van der Waals surface area contributed by atoms with Crippen LogP contribution in [0.4, 0.5) is 0 Å². The maximum atomic E-state index is 11.1. The molecule has 0 unspecified atom stereocenters. The predicted molar refractivity (Wildman–Crippen MR) is 70.3 cm³/mol. The number of aromatic amines is 1. The number of nitrogens with two attached hydrogens (primary N) is 1. The number of rotatable bonds is 3. The van der Waals surface area contributed by atoms with Gasteiger partial charge in [-0.15, -0.1) is 0 Å². The molecule has 0 bridgehead atoms. The topological polar surface area (TPSA) is 58.9 Å². The lowest BCUT2D eigenvalue weighted by Gasteiger charge is -2.06. The first-order valence-electron chi connectivity index (χ1n) is 5.57. The van der Waals surface area contributed by atoms with Crippen LogP contribution in [0.15, 0.2) is 18.2 Å². The fourth-order valence-electron chi connectivity index (χ4n) is 2.21. The molecule has 2 rings (SSSR count). The molecule has 0 atom stereocenters. The Morgan fingerprint density at radius 1 is 1.47 bits per heavy atom. The van der Waals surface area contributed by atoms with Gasteiger partial charge in [0.1, 0.15) is 0 Å². The summed E-state index contributed by atoms with van der Waals surface area (Å²) in [5.74, 6) is -0.0129. The van der Waals surface area contributed by atoms with Crippen molar-refractivity contribution in [2.45, 2.75) is 26.2 Å². The lowest BCUT2D eigenvalue weighted by molar-refractivity contribution is -0.117. The summed E-state index contributed by atoms with van der Waals surface area (Å²) in [4.78, 5) is 14.3. The fraction of sp³-hybridized carbons (Fsp3) is 0.308. The largest absolute Gasteiger partial charge is 0.369 e. The number of nitrogens with one attached hydrogen (secondary N) is 1. The first kappa shape index (κ1) is 12.0. The van der Waals surface area contributed by atoms with Crippen LogP contribution in [0.2, 0.25) is 5.02 Å². The second-order valence-corrected chi connectivity index (χ2v) is 4.94. The Balaban J connectivity index is 2.66.